The van der Waals surface area contributed by atoms with Gasteiger partial charge in [-0.1, -0.05) is 0 Å². The van der Waals surface area contributed by atoms with E-state index in [4.69, 9.17) is 0 Å². The highest BCUT2D eigenvalue weighted by Crippen LogP contribution is 2.32. The lowest BCUT2D eigenvalue weighted by atomic mass is 10.0. The highest BCUT2D eigenvalue weighted by Gasteiger charge is 2.36. The largest absolute Gasteiger partial charge is 0.443 e. The van der Waals surface area contributed by atoms with Gasteiger partial charge in [0.05, 0.1) is 0 Å². The lowest BCUT2D eigenvalue weighted by Crippen LogP contribution is -2.42. The molecule has 2 rings (SSSR count). The SMILES string of the molecule is CC1CCCCN1C(=O)c1csc(C(F)(F)F)n1. The summed E-state index contributed by atoms with van der Waals surface area (Å²) >= 11 is 0.466. The van der Waals surface area contributed by atoms with Crippen molar-refractivity contribution in [1.82, 2.24) is 9.88 Å². The van der Waals surface area contributed by atoms with E-state index in [1.807, 2.05) is 6.92 Å². The molecule has 1 aliphatic heterocycles. The van der Waals surface area contributed by atoms with Crippen molar-refractivity contribution in [3.63, 3.8) is 0 Å². The number of rotatable bonds is 1. The lowest BCUT2D eigenvalue weighted by Gasteiger charge is -2.32. The van der Waals surface area contributed by atoms with Gasteiger partial charge in [-0.2, -0.15) is 13.2 Å². The van der Waals surface area contributed by atoms with Crippen LogP contribution in [0.15, 0.2) is 5.38 Å². The Kier molecular flexibility index (Phi) is 3.61. The summed E-state index contributed by atoms with van der Waals surface area (Å²) in [6.45, 7) is 2.51. The highest BCUT2D eigenvalue weighted by atomic mass is 32.1. The van der Waals surface area contributed by atoms with Crippen LogP contribution in [0.1, 0.15) is 41.7 Å². The zero-order valence-electron chi connectivity index (χ0n) is 9.83. The monoisotopic (exact) mass is 278 g/mol. The minimum atomic E-state index is -4.48. The number of carbonyl (C=O) groups excluding carboxylic acids is 1. The maximum absolute atomic E-state index is 12.4. The standard InChI is InChI=1S/C11H13F3N2OS/c1-7-4-2-3-5-16(7)9(17)8-6-18-10(15-8)11(12,13)14/h6-7H,2-5H2,1H3. The number of nitrogens with zero attached hydrogens (tertiary/aromatic N) is 2. The molecule has 3 nitrogen and oxygen atoms in total. The molecule has 1 aromatic heterocycles. The second-order valence-corrected chi connectivity index (χ2v) is 5.24. The Balaban J connectivity index is 2.16. The predicted octanol–water partition coefficient (Wildman–Crippen LogP) is 3.18. The number of amides is 1. The Hall–Kier alpha value is -1.11. The van der Waals surface area contributed by atoms with Gasteiger partial charge in [-0.05, 0) is 26.2 Å². The van der Waals surface area contributed by atoms with Gasteiger partial charge in [0, 0.05) is 18.0 Å². The Labute approximate surface area is 107 Å². The first-order valence-corrected chi connectivity index (χ1v) is 6.61. The highest BCUT2D eigenvalue weighted by molar-refractivity contribution is 7.09. The van der Waals surface area contributed by atoms with E-state index < -0.39 is 17.1 Å². The second-order valence-electron chi connectivity index (χ2n) is 4.38. The summed E-state index contributed by atoms with van der Waals surface area (Å²) < 4.78 is 37.2. The number of thiazole rings is 1. The molecular weight excluding hydrogens is 265 g/mol. The zero-order chi connectivity index (χ0) is 13.3. The molecule has 1 saturated heterocycles. The molecule has 0 spiro atoms. The van der Waals surface area contributed by atoms with Crippen molar-refractivity contribution >= 4 is 17.2 Å². The minimum Gasteiger partial charge on any atom is -0.335 e. The van der Waals surface area contributed by atoms with E-state index in [0.29, 0.717) is 17.9 Å². The quantitative estimate of drug-likeness (QED) is 0.790. The third kappa shape index (κ3) is 2.66. The number of halogens is 3. The van der Waals surface area contributed by atoms with E-state index in [0.717, 1.165) is 19.3 Å². The topological polar surface area (TPSA) is 33.2 Å². The first kappa shape index (κ1) is 13.3. The first-order chi connectivity index (χ1) is 8.39. The van der Waals surface area contributed by atoms with Gasteiger partial charge in [0.25, 0.3) is 5.91 Å². The maximum Gasteiger partial charge on any atom is 0.443 e. The number of aromatic nitrogens is 1. The fourth-order valence-corrected chi connectivity index (χ4v) is 2.71. The molecule has 7 heteroatoms. The first-order valence-electron chi connectivity index (χ1n) is 5.73. The summed E-state index contributed by atoms with van der Waals surface area (Å²) in [5.41, 5.74) is -0.0962. The Morgan fingerprint density at radius 1 is 1.50 bits per heavy atom. The Morgan fingerprint density at radius 2 is 2.22 bits per heavy atom. The van der Waals surface area contributed by atoms with Crippen LogP contribution in [-0.4, -0.2) is 28.4 Å². The van der Waals surface area contributed by atoms with Crippen molar-refractivity contribution in [2.45, 2.75) is 38.4 Å². The fourth-order valence-electron chi connectivity index (χ4n) is 2.05. The molecule has 0 bridgehead atoms. The summed E-state index contributed by atoms with van der Waals surface area (Å²) in [5, 5.41) is 0.224. The van der Waals surface area contributed by atoms with Crippen LogP contribution >= 0.6 is 11.3 Å². The number of hydrogen-bond donors (Lipinski definition) is 0. The van der Waals surface area contributed by atoms with E-state index in [1.54, 1.807) is 4.90 Å². The summed E-state index contributed by atoms with van der Waals surface area (Å²) in [5.74, 6) is -0.394. The van der Waals surface area contributed by atoms with Crippen molar-refractivity contribution in [2.24, 2.45) is 0 Å². The van der Waals surface area contributed by atoms with Crippen LogP contribution in [0, 0.1) is 0 Å². The molecule has 1 fully saturated rings. The Bertz CT molecular complexity index is 444. The van der Waals surface area contributed by atoms with Crippen LogP contribution in [0.3, 0.4) is 0 Å². The van der Waals surface area contributed by atoms with Crippen LogP contribution < -0.4 is 0 Å². The van der Waals surface area contributed by atoms with Crippen LogP contribution in [0.2, 0.25) is 0 Å². The van der Waals surface area contributed by atoms with Crippen molar-refractivity contribution in [2.75, 3.05) is 6.54 Å². The van der Waals surface area contributed by atoms with E-state index in [9.17, 15) is 18.0 Å². The summed E-state index contributed by atoms with van der Waals surface area (Å²) in [6.07, 6.45) is -1.64. The van der Waals surface area contributed by atoms with Crippen LogP contribution in [0.4, 0.5) is 13.2 Å². The molecule has 0 N–H and O–H groups in total. The number of alkyl halides is 3. The van der Waals surface area contributed by atoms with Crippen LogP contribution in [0.25, 0.3) is 0 Å². The van der Waals surface area contributed by atoms with Crippen molar-refractivity contribution < 1.29 is 18.0 Å². The smallest absolute Gasteiger partial charge is 0.335 e. The van der Waals surface area contributed by atoms with Crippen LogP contribution in [-0.2, 0) is 6.18 Å². The zero-order valence-corrected chi connectivity index (χ0v) is 10.6. The molecule has 18 heavy (non-hydrogen) atoms. The fraction of sp³-hybridized carbons (Fsp3) is 0.636. The number of likely N-dealkylation sites (tertiary alicyclic amines) is 1. The van der Waals surface area contributed by atoms with Gasteiger partial charge in [-0.3, -0.25) is 4.79 Å². The average molecular weight is 278 g/mol. The van der Waals surface area contributed by atoms with Gasteiger partial charge < -0.3 is 4.90 Å². The van der Waals surface area contributed by atoms with Crippen molar-refractivity contribution in [3.8, 4) is 0 Å². The number of carbonyl (C=O) groups is 1. The Morgan fingerprint density at radius 3 is 2.78 bits per heavy atom. The molecule has 1 atom stereocenters. The lowest BCUT2D eigenvalue weighted by molar-refractivity contribution is -0.137. The van der Waals surface area contributed by atoms with Gasteiger partial charge in [0.2, 0.25) is 0 Å². The third-order valence-electron chi connectivity index (χ3n) is 3.03. The maximum atomic E-state index is 12.4. The van der Waals surface area contributed by atoms with Gasteiger partial charge in [0.15, 0.2) is 5.01 Å². The molecule has 0 aromatic carbocycles. The summed E-state index contributed by atoms with van der Waals surface area (Å²) in [7, 11) is 0. The second kappa shape index (κ2) is 4.87. The average Bonchev–Trinajstić information content (AvgIpc) is 2.77. The van der Waals surface area contributed by atoms with E-state index in [1.165, 1.54) is 5.38 Å². The van der Waals surface area contributed by atoms with Crippen LogP contribution in [0.5, 0.6) is 0 Å². The van der Waals surface area contributed by atoms with Gasteiger partial charge in [-0.15, -0.1) is 11.3 Å². The van der Waals surface area contributed by atoms with E-state index in [-0.39, 0.29) is 11.7 Å². The van der Waals surface area contributed by atoms with Crippen molar-refractivity contribution in [3.05, 3.63) is 16.1 Å². The molecule has 1 unspecified atom stereocenters. The third-order valence-corrected chi connectivity index (χ3v) is 3.92. The number of hydrogen-bond acceptors (Lipinski definition) is 3. The molecule has 2 heterocycles. The van der Waals surface area contributed by atoms with E-state index >= 15 is 0 Å². The molecule has 1 aliphatic rings. The van der Waals surface area contributed by atoms with Gasteiger partial charge >= 0.3 is 6.18 Å². The minimum absolute atomic E-state index is 0.0716. The summed E-state index contributed by atoms with van der Waals surface area (Å²) in [4.78, 5) is 17.1. The van der Waals surface area contributed by atoms with Gasteiger partial charge in [0.1, 0.15) is 5.69 Å². The van der Waals surface area contributed by atoms with Crippen molar-refractivity contribution in [1.29, 1.82) is 0 Å². The molecule has 100 valence electrons. The van der Waals surface area contributed by atoms with Gasteiger partial charge in [-0.25, -0.2) is 4.98 Å². The number of piperidine rings is 1. The molecule has 1 amide bonds. The summed E-state index contributed by atoms with van der Waals surface area (Å²) in [6, 6.07) is 0.0716. The molecule has 0 aliphatic carbocycles. The van der Waals surface area contributed by atoms with E-state index in [2.05, 4.69) is 4.98 Å². The molecule has 0 radical (unpaired) electrons. The molecule has 0 saturated carbocycles. The normalized spacial score (nSPS) is 21.1. The molecular formula is C11H13F3N2OS. The predicted molar refractivity (Wildman–Crippen MR) is 61.5 cm³/mol. The molecule has 1 aromatic rings.